The smallest absolute Gasteiger partial charge is 0.311 e. The lowest BCUT2D eigenvalue weighted by atomic mass is 10.2. The van der Waals surface area contributed by atoms with Crippen LogP contribution >= 0.6 is 7.80 Å². The molecule has 0 aliphatic heterocycles. The first-order valence-electron chi connectivity index (χ1n) is 5.01. The Hall–Kier alpha value is -1.81. The van der Waals surface area contributed by atoms with Crippen LogP contribution in [0.4, 0.5) is 0 Å². The molecule has 0 fully saturated rings. The van der Waals surface area contributed by atoms with E-state index >= 15 is 0 Å². The van der Waals surface area contributed by atoms with Crippen molar-refractivity contribution < 1.29 is 28.7 Å². The van der Waals surface area contributed by atoms with Crippen molar-refractivity contribution in [3.63, 3.8) is 0 Å². The molecule has 0 aliphatic rings. The number of rotatable bonds is 6. The fourth-order valence-corrected chi connectivity index (χ4v) is 2.39. The van der Waals surface area contributed by atoms with Crippen LogP contribution in [0.5, 0.6) is 11.5 Å². The Morgan fingerprint density at radius 1 is 1.22 bits per heavy atom. The molecule has 1 atom stereocenters. The highest BCUT2D eigenvalue weighted by Gasteiger charge is 2.24. The second-order valence-electron chi connectivity index (χ2n) is 3.36. The molecule has 1 unspecified atom stereocenters. The van der Waals surface area contributed by atoms with Crippen LogP contribution < -0.4 is 9.47 Å². The van der Waals surface area contributed by atoms with Crippen LogP contribution in [0, 0.1) is 0 Å². The van der Waals surface area contributed by atoms with Crippen molar-refractivity contribution in [3.05, 3.63) is 23.8 Å². The third-order valence-corrected chi connectivity index (χ3v) is 3.60. The van der Waals surface area contributed by atoms with E-state index < -0.39 is 25.5 Å². The van der Waals surface area contributed by atoms with Gasteiger partial charge in [-0.25, -0.2) is 0 Å². The number of hydrogen-bond donors (Lipinski definition) is 1. The van der Waals surface area contributed by atoms with Crippen molar-refractivity contribution in [2.75, 3.05) is 20.4 Å². The van der Waals surface area contributed by atoms with Gasteiger partial charge in [-0.05, 0) is 12.1 Å². The average Bonchev–Trinajstić information content (AvgIpc) is 2.35. The number of hydrogen-bond acceptors (Lipinski definition) is 5. The molecule has 98 valence electrons. The monoisotopic (exact) mass is 272 g/mol. The number of carboxylic acids is 1. The van der Waals surface area contributed by atoms with Crippen molar-refractivity contribution >= 4 is 19.3 Å². The molecule has 0 saturated heterocycles. The van der Waals surface area contributed by atoms with Crippen LogP contribution in [-0.4, -0.2) is 37.0 Å². The van der Waals surface area contributed by atoms with Gasteiger partial charge in [-0.2, -0.15) is 0 Å². The molecule has 0 amide bonds. The molecule has 7 heteroatoms. The van der Waals surface area contributed by atoms with Gasteiger partial charge >= 0.3 is 5.97 Å². The van der Waals surface area contributed by atoms with E-state index in [1.165, 1.54) is 26.4 Å². The van der Waals surface area contributed by atoms with Crippen LogP contribution in [0.3, 0.4) is 0 Å². The number of carbonyl (C=O) groups excluding carboxylic acids is 1. The summed E-state index contributed by atoms with van der Waals surface area (Å²) in [6, 6.07) is 4.65. The predicted molar refractivity (Wildman–Crippen MR) is 65.4 cm³/mol. The third-order valence-electron chi connectivity index (χ3n) is 2.22. The molecule has 1 rings (SSSR count). The van der Waals surface area contributed by atoms with E-state index in [1.54, 1.807) is 6.07 Å². The minimum atomic E-state index is -2.93. The molecule has 0 radical (unpaired) electrons. The van der Waals surface area contributed by atoms with Gasteiger partial charge in [0.25, 0.3) is 0 Å². The first-order valence-corrected chi connectivity index (χ1v) is 6.63. The number of methoxy groups -OCH3 is 2. The zero-order chi connectivity index (χ0) is 13.7. The zero-order valence-electron chi connectivity index (χ0n) is 9.93. The Morgan fingerprint density at radius 3 is 2.11 bits per heavy atom. The van der Waals surface area contributed by atoms with Gasteiger partial charge in [0.15, 0.2) is 7.80 Å². The predicted octanol–water partition coefficient (Wildman–Crippen LogP) is 1.49. The summed E-state index contributed by atoms with van der Waals surface area (Å²) in [5.74, 6) is -0.854. The van der Waals surface area contributed by atoms with Crippen molar-refractivity contribution in [3.8, 4) is 11.5 Å². The third kappa shape index (κ3) is 3.11. The summed E-state index contributed by atoms with van der Waals surface area (Å²) < 4.78 is 21.6. The van der Waals surface area contributed by atoms with E-state index in [1.807, 2.05) is 0 Å². The van der Waals surface area contributed by atoms with Crippen LogP contribution in [-0.2, 0) is 9.36 Å². The molecule has 0 aromatic heterocycles. The Morgan fingerprint density at radius 2 is 1.72 bits per heavy atom. The van der Waals surface area contributed by atoms with E-state index in [2.05, 4.69) is 0 Å². The Balaban J connectivity index is 3.18. The quantitative estimate of drug-likeness (QED) is 0.789. The standard InChI is InChI=1S/C11H13O6P/c1-16-7-4-3-5-8(17-2)10(7)11(14)18(15)6-9(12)13/h3-5,18H,6H2,1-2H3,(H,12,13). The maximum Gasteiger partial charge on any atom is 0.311 e. The molecule has 0 spiro atoms. The van der Waals surface area contributed by atoms with Crippen molar-refractivity contribution in [2.45, 2.75) is 0 Å². The van der Waals surface area contributed by atoms with Gasteiger partial charge in [0.2, 0.25) is 5.52 Å². The van der Waals surface area contributed by atoms with Crippen molar-refractivity contribution in [1.82, 2.24) is 0 Å². The van der Waals surface area contributed by atoms with Crippen molar-refractivity contribution in [2.24, 2.45) is 0 Å². The van der Waals surface area contributed by atoms with Crippen molar-refractivity contribution in [1.29, 1.82) is 0 Å². The lowest BCUT2D eigenvalue weighted by Crippen LogP contribution is -2.06. The Labute approximate surface area is 104 Å². The number of ether oxygens (including phenoxy) is 2. The summed E-state index contributed by atoms with van der Waals surface area (Å²) in [6.45, 7) is 0. The van der Waals surface area contributed by atoms with Crippen LogP contribution in [0.2, 0.25) is 0 Å². The fraction of sp³-hybridized carbons (Fsp3) is 0.273. The summed E-state index contributed by atoms with van der Waals surface area (Å²) in [5, 5.41) is 8.54. The van der Waals surface area contributed by atoms with E-state index in [9.17, 15) is 14.2 Å². The molecule has 6 nitrogen and oxygen atoms in total. The molecule has 0 aliphatic carbocycles. The zero-order valence-corrected chi connectivity index (χ0v) is 10.9. The minimum absolute atomic E-state index is 0.0210. The maximum absolute atomic E-state index is 11.9. The SMILES string of the molecule is COc1cccc(OC)c1C(=O)[PH](=O)CC(=O)O. The van der Waals surface area contributed by atoms with Gasteiger partial charge in [0.05, 0.1) is 14.2 Å². The van der Waals surface area contributed by atoms with E-state index in [-0.39, 0.29) is 17.1 Å². The highest BCUT2D eigenvalue weighted by molar-refractivity contribution is 7.65. The average molecular weight is 272 g/mol. The summed E-state index contributed by atoms with van der Waals surface area (Å²) in [6.07, 6.45) is -0.676. The fourth-order valence-electron chi connectivity index (χ4n) is 1.43. The first kappa shape index (κ1) is 14.3. The topological polar surface area (TPSA) is 89.9 Å². The molecule has 0 bridgehead atoms. The summed E-state index contributed by atoms with van der Waals surface area (Å²) >= 11 is 0. The van der Waals surface area contributed by atoms with E-state index in [4.69, 9.17) is 14.6 Å². The number of aliphatic carboxylic acids is 1. The summed E-state index contributed by atoms with van der Waals surface area (Å²) in [5.41, 5.74) is -0.732. The molecule has 1 aromatic rings. The van der Waals surface area contributed by atoms with Gasteiger partial charge in [-0.1, -0.05) is 6.07 Å². The minimum Gasteiger partial charge on any atom is -0.496 e. The van der Waals surface area contributed by atoms with Gasteiger partial charge in [0, 0.05) is 0 Å². The molecule has 1 aromatic carbocycles. The van der Waals surface area contributed by atoms with Gasteiger partial charge in [-0.3, -0.25) is 9.59 Å². The molecule has 1 N–H and O–H groups in total. The van der Waals surface area contributed by atoms with Crippen LogP contribution in [0.1, 0.15) is 10.4 Å². The molecule has 18 heavy (non-hydrogen) atoms. The lowest BCUT2D eigenvalue weighted by molar-refractivity contribution is -0.134. The lowest BCUT2D eigenvalue weighted by Gasteiger charge is -2.11. The normalized spacial score (nSPS) is 11.7. The van der Waals surface area contributed by atoms with E-state index in [0.29, 0.717) is 0 Å². The largest absolute Gasteiger partial charge is 0.496 e. The number of carboxylic acid groups (broad SMARTS) is 1. The molecular weight excluding hydrogens is 259 g/mol. The van der Waals surface area contributed by atoms with Crippen LogP contribution in [0.15, 0.2) is 18.2 Å². The second kappa shape index (κ2) is 6.21. The number of carbonyl (C=O) groups is 2. The summed E-state index contributed by atoms with van der Waals surface area (Å²) in [4.78, 5) is 22.4. The van der Waals surface area contributed by atoms with E-state index in [0.717, 1.165) is 0 Å². The highest BCUT2D eigenvalue weighted by Crippen LogP contribution is 2.36. The highest BCUT2D eigenvalue weighted by atomic mass is 31.1. The number of benzene rings is 1. The maximum atomic E-state index is 11.9. The Bertz CT molecular complexity index is 474. The Kier molecular flexibility index (Phi) is 4.92. The van der Waals surface area contributed by atoms with Gasteiger partial charge in [-0.15, -0.1) is 0 Å². The van der Waals surface area contributed by atoms with Crippen LogP contribution in [0.25, 0.3) is 0 Å². The first-order chi connectivity index (χ1) is 8.51. The molecular formula is C11H13O6P. The van der Waals surface area contributed by atoms with Gasteiger partial charge < -0.3 is 19.1 Å². The second-order valence-corrected chi connectivity index (χ2v) is 5.01. The van der Waals surface area contributed by atoms with Gasteiger partial charge in [0.1, 0.15) is 23.2 Å². The molecule has 0 heterocycles. The molecule has 0 saturated carbocycles. The summed E-state index contributed by atoms with van der Waals surface area (Å²) in [7, 11) is -0.209.